The van der Waals surface area contributed by atoms with Crippen molar-refractivity contribution in [2.45, 2.75) is 32.9 Å². The number of hydrogen-bond acceptors (Lipinski definition) is 4. The van der Waals surface area contributed by atoms with E-state index in [4.69, 9.17) is 5.73 Å². The molecule has 0 saturated heterocycles. The Morgan fingerprint density at radius 2 is 1.90 bits per heavy atom. The Bertz CT molecular complexity index is 585. The molecule has 2 rings (SSSR count). The van der Waals surface area contributed by atoms with Crippen LogP contribution in [-0.2, 0) is 4.79 Å². The fraction of sp³-hybridized carbons (Fsp3) is 0.462. The summed E-state index contributed by atoms with van der Waals surface area (Å²) in [5, 5.41) is 11.2. The highest BCUT2D eigenvalue weighted by Gasteiger charge is 2.24. The second-order valence-electron chi connectivity index (χ2n) is 5.01. The van der Waals surface area contributed by atoms with Crippen LogP contribution < -0.4 is 11.1 Å². The minimum Gasteiger partial charge on any atom is -0.344 e. The Morgan fingerprint density at radius 1 is 1.24 bits per heavy atom. The number of rotatable bonds is 4. The molecule has 0 saturated carbocycles. The van der Waals surface area contributed by atoms with Crippen LogP contribution in [0.3, 0.4) is 0 Å². The molecule has 0 spiro atoms. The van der Waals surface area contributed by atoms with Gasteiger partial charge < -0.3 is 11.1 Å². The molecule has 8 heteroatoms. The lowest BCUT2D eigenvalue weighted by atomic mass is 10.0. The quantitative estimate of drug-likeness (QED) is 0.892. The van der Waals surface area contributed by atoms with E-state index in [1.54, 1.807) is 6.92 Å². The highest BCUT2D eigenvalue weighted by molar-refractivity contribution is 5.85. The molecule has 0 aliphatic rings. The maximum Gasteiger partial charge on any atom is 0.237 e. The molecule has 0 aliphatic carbocycles. The molecule has 0 aliphatic heterocycles. The van der Waals surface area contributed by atoms with E-state index in [1.807, 2.05) is 42.6 Å². The van der Waals surface area contributed by atoms with Crippen LogP contribution in [0.15, 0.2) is 24.4 Å². The van der Waals surface area contributed by atoms with Crippen molar-refractivity contribution in [1.82, 2.24) is 19.9 Å². The third-order valence-corrected chi connectivity index (χ3v) is 3.00. The summed E-state index contributed by atoms with van der Waals surface area (Å²) in [5.41, 5.74) is 6.36. The lowest BCUT2D eigenvalue weighted by molar-refractivity contribution is -0.123. The molecular weight excluding hydrogens is 313 g/mol. The Morgan fingerprint density at radius 3 is 2.48 bits per heavy atom. The van der Waals surface area contributed by atoms with Crippen LogP contribution in [0.2, 0.25) is 0 Å². The number of carbonyl (C=O) groups is 1. The van der Waals surface area contributed by atoms with Crippen molar-refractivity contribution < 1.29 is 4.79 Å². The average molecular weight is 334 g/mol. The van der Waals surface area contributed by atoms with Crippen molar-refractivity contribution in [1.29, 1.82) is 0 Å². The van der Waals surface area contributed by atoms with Crippen LogP contribution in [0, 0.1) is 5.92 Å². The molecule has 0 bridgehead atoms. The normalized spacial score (nSPS) is 13.2. The topological polar surface area (TPSA) is 85.3 Å². The van der Waals surface area contributed by atoms with Gasteiger partial charge in [0, 0.05) is 6.20 Å². The van der Waals surface area contributed by atoms with Crippen LogP contribution in [0.1, 0.15) is 32.6 Å². The molecule has 1 unspecified atom stereocenters. The number of nitrogens with zero attached hydrogens (tertiary/aromatic N) is 3. The second-order valence-corrected chi connectivity index (χ2v) is 5.01. The predicted octanol–water partition coefficient (Wildman–Crippen LogP) is 1.73. The van der Waals surface area contributed by atoms with E-state index in [-0.39, 0.29) is 42.7 Å². The molecule has 0 fully saturated rings. The van der Waals surface area contributed by atoms with Gasteiger partial charge in [0.25, 0.3) is 0 Å². The third-order valence-electron chi connectivity index (χ3n) is 3.00. The van der Waals surface area contributed by atoms with Crippen molar-refractivity contribution >= 4 is 36.4 Å². The first-order chi connectivity index (χ1) is 9.00. The zero-order chi connectivity index (χ0) is 14.0. The van der Waals surface area contributed by atoms with E-state index in [2.05, 4.69) is 15.5 Å². The van der Waals surface area contributed by atoms with Gasteiger partial charge in [-0.25, -0.2) is 0 Å². The molecular formula is C13H21Cl2N5O. The predicted molar refractivity (Wildman–Crippen MR) is 86.9 cm³/mol. The summed E-state index contributed by atoms with van der Waals surface area (Å²) in [6.07, 6.45) is 1.89. The van der Waals surface area contributed by atoms with Crippen molar-refractivity contribution in [3.8, 4) is 0 Å². The third kappa shape index (κ3) is 4.30. The van der Waals surface area contributed by atoms with Gasteiger partial charge in [0.2, 0.25) is 5.91 Å². The summed E-state index contributed by atoms with van der Waals surface area (Å²) < 4.78 is 1.88. The average Bonchev–Trinajstić information content (AvgIpc) is 2.78. The molecule has 0 radical (unpaired) electrons. The van der Waals surface area contributed by atoms with E-state index < -0.39 is 6.04 Å². The van der Waals surface area contributed by atoms with E-state index in [0.717, 1.165) is 11.5 Å². The molecule has 2 atom stereocenters. The van der Waals surface area contributed by atoms with Crippen LogP contribution >= 0.6 is 24.8 Å². The number of aromatic nitrogens is 3. The molecule has 3 N–H and O–H groups in total. The summed E-state index contributed by atoms with van der Waals surface area (Å²) >= 11 is 0. The standard InChI is InChI=1S/C13H19N5O.2ClH/c1-8(2)11(15-13(19)9(3)14)12-17-16-10-6-4-5-7-18(10)12;;/h4-9,11H,14H2,1-3H3,(H,15,19);2*1H/t9-,11?;;/m1../s1. The van der Waals surface area contributed by atoms with Gasteiger partial charge in [0.05, 0.1) is 12.1 Å². The van der Waals surface area contributed by atoms with Crippen molar-refractivity contribution in [2.24, 2.45) is 11.7 Å². The van der Waals surface area contributed by atoms with Crippen LogP contribution in [0.5, 0.6) is 0 Å². The number of nitrogens with one attached hydrogen (secondary N) is 1. The van der Waals surface area contributed by atoms with Crippen molar-refractivity contribution in [3.05, 3.63) is 30.2 Å². The van der Waals surface area contributed by atoms with Gasteiger partial charge >= 0.3 is 0 Å². The SMILES string of the molecule is CC(C)C(NC(=O)[C@@H](C)N)c1nnc2ccccn12.Cl.Cl. The smallest absolute Gasteiger partial charge is 0.237 e. The number of pyridine rings is 1. The van der Waals surface area contributed by atoms with Crippen molar-refractivity contribution in [2.75, 3.05) is 0 Å². The zero-order valence-corrected chi connectivity index (χ0v) is 13.8. The van der Waals surface area contributed by atoms with E-state index in [1.165, 1.54) is 0 Å². The summed E-state index contributed by atoms with van der Waals surface area (Å²) in [6, 6.07) is 4.93. The Hall–Kier alpha value is -1.37. The molecule has 21 heavy (non-hydrogen) atoms. The number of amides is 1. The fourth-order valence-electron chi connectivity index (χ4n) is 1.89. The highest BCUT2D eigenvalue weighted by atomic mass is 35.5. The van der Waals surface area contributed by atoms with Gasteiger partial charge in [0.1, 0.15) is 0 Å². The second kappa shape index (κ2) is 8.17. The maximum atomic E-state index is 11.8. The molecule has 2 heterocycles. The zero-order valence-electron chi connectivity index (χ0n) is 12.2. The number of halogens is 2. The highest BCUT2D eigenvalue weighted by Crippen LogP contribution is 2.20. The molecule has 0 aromatic carbocycles. The van der Waals surface area contributed by atoms with E-state index >= 15 is 0 Å². The van der Waals surface area contributed by atoms with E-state index in [9.17, 15) is 4.79 Å². The van der Waals surface area contributed by atoms with Crippen molar-refractivity contribution in [3.63, 3.8) is 0 Å². The lowest BCUT2D eigenvalue weighted by Crippen LogP contribution is -2.42. The lowest BCUT2D eigenvalue weighted by Gasteiger charge is -2.21. The molecule has 1 amide bonds. The maximum absolute atomic E-state index is 11.8. The van der Waals surface area contributed by atoms with Gasteiger partial charge in [0.15, 0.2) is 11.5 Å². The summed E-state index contributed by atoms with van der Waals surface area (Å²) in [7, 11) is 0. The summed E-state index contributed by atoms with van der Waals surface area (Å²) in [5.74, 6) is 0.723. The first-order valence-corrected chi connectivity index (χ1v) is 6.36. The van der Waals surface area contributed by atoms with Crippen LogP contribution in [0.4, 0.5) is 0 Å². The van der Waals surface area contributed by atoms with Crippen LogP contribution in [-0.4, -0.2) is 26.5 Å². The Kier molecular flexibility index (Phi) is 7.63. The molecule has 6 nitrogen and oxygen atoms in total. The van der Waals surface area contributed by atoms with Gasteiger partial charge in [-0.3, -0.25) is 9.20 Å². The summed E-state index contributed by atoms with van der Waals surface area (Å²) in [6.45, 7) is 5.71. The number of hydrogen-bond donors (Lipinski definition) is 2. The van der Waals surface area contributed by atoms with Gasteiger partial charge in [-0.05, 0) is 25.0 Å². The largest absolute Gasteiger partial charge is 0.344 e. The number of fused-ring (bicyclic) bond motifs is 1. The molecule has 2 aromatic heterocycles. The Balaban J connectivity index is 0.00000200. The van der Waals surface area contributed by atoms with Gasteiger partial charge in [-0.15, -0.1) is 35.0 Å². The fourth-order valence-corrected chi connectivity index (χ4v) is 1.89. The Labute approximate surface area is 136 Å². The number of nitrogens with two attached hydrogens (primary N) is 1. The minimum atomic E-state index is -0.541. The number of carbonyl (C=O) groups excluding carboxylic acids is 1. The van der Waals surface area contributed by atoms with Crippen LogP contribution in [0.25, 0.3) is 5.65 Å². The molecule has 118 valence electrons. The monoisotopic (exact) mass is 333 g/mol. The summed E-state index contributed by atoms with van der Waals surface area (Å²) in [4.78, 5) is 11.8. The first-order valence-electron chi connectivity index (χ1n) is 6.36. The minimum absolute atomic E-state index is 0. The molecule has 2 aromatic rings. The van der Waals surface area contributed by atoms with Gasteiger partial charge in [-0.2, -0.15) is 0 Å². The first kappa shape index (κ1) is 19.6. The van der Waals surface area contributed by atoms with E-state index in [0.29, 0.717) is 0 Å². The van der Waals surface area contributed by atoms with Gasteiger partial charge in [-0.1, -0.05) is 19.9 Å².